The van der Waals surface area contributed by atoms with Crippen molar-refractivity contribution in [1.29, 1.82) is 0 Å². The lowest BCUT2D eigenvalue weighted by atomic mass is 10.3. The van der Waals surface area contributed by atoms with Gasteiger partial charge in [0.2, 0.25) is 43.2 Å². The first kappa shape index (κ1) is 16.9. The third kappa shape index (κ3) is 3.67. The van der Waals surface area contributed by atoms with E-state index in [4.69, 9.17) is 0 Å². The average Bonchev–Trinajstić information content (AvgIpc) is 2.26. The summed E-state index contributed by atoms with van der Waals surface area (Å²) >= 11 is 0. The Labute approximate surface area is 112 Å². The molecule has 0 spiro atoms. The van der Waals surface area contributed by atoms with Crippen molar-refractivity contribution >= 4 is 18.7 Å². The van der Waals surface area contributed by atoms with Crippen molar-refractivity contribution in [2.75, 3.05) is 0 Å². The molecule has 0 aliphatic carbocycles. The predicted octanol–water partition coefficient (Wildman–Crippen LogP) is 2.86. The Balaban J connectivity index is 3.30. The monoisotopic (exact) mass is 336 g/mol. The highest BCUT2D eigenvalue weighted by Crippen LogP contribution is 2.30. The molecular formula is C9H9F5O4SSi. The van der Waals surface area contributed by atoms with Crippen LogP contribution in [0.3, 0.4) is 0 Å². The van der Waals surface area contributed by atoms with E-state index in [0.29, 0.717) is 0 Å². The molecule has 1 aromatic carbocycles. The maximum absolute atomic E-state index is 13.2. The number of rotatable bonds is 4. The molecule has 0 atom stereocenters. The summed E-state index contributed by atoms with van der Waals surface area (Å²) in [4.78, 5) is 0. The van der Waals surface area contributed by atoms with Crippen LogP contribution in [0, 0.1) is 29.1 Å². The number of hydrogen-bond donors (Lipinski definition) is 0. The maximum atomic E-state index is 13.2. The van der Waals surface area contributed by atoms with Gasteiger partial charge >= 0.3 is 10.4 Å². The molecule has 0 aromatic heterocycles. The van der Waals surface area contributed by atoms with Crippen LogP contribution in [0.4, 0.5) is 22.0 Å². The van der Waals surface area contributed by atoms with Gasteiger partial charge in [-0.25, -0.2) is 13.2 Å². The van der Waals surface area contributed by atoms with Gasteiger partial charge in [0.25, 0.3) is 0 Å². The number of hydrogen-bond acceptors (Lipinski definition) is 4. The Bertz CT molecular complexity index is 612. The lowest BCUT2D eigenvalue weighted by molar-refractivity contribution is 0.328. The first-order chi connectivity index (χ1) is 8.86. The van der Waals surface area contributed by atoms with Gasteiger partial charge in [-0.2, -0.15) is 17.2 Å². The van der Waals surface area contributed by atoms with Crippen LogP contribution in [0.15, 0.2) is 0 Å². The molecule has 0 amide bonds. The molecule has 0 fully saturated rings. The van der Waals surface area contributed by atoms with Crippen molar-refractivity contribution in [1.82, 2.24) is 0 Å². The second-order valence-electron chi connectivity index (χ2n) is 4.59. The van der Waals surface area contributed by atoms with Gasteiger partial charge in [-0.05, 0) is 19.6 Å². The highest BCUT2D eigenvalue weighted by atomic mass is 32.3. The summed E-state index contributed by atoms with van der Waals surface area (Å²) in [5, 5.41) is 0. The molecule has 0 radical (unpaired) electrons. The fourth-order valence-electron chi connectivity index (χ4n) is 1.08. The fraction of sp³-hybridized carbons (Fsp3) is 0.333. The fourth-order valence-corrected chi connectivity index (χ4v) is 4.02. The zero-order chi connectivity index (χ0) is 15.9. The molecule has 1 rings (SSSR count). The molecular weight excluding hydrogens is 327 g/mol. The van der Waals surface area contributed by atoms with E-state index < -0.39 is 53.6 Å². The molecule has 0 heterocycles. The van der Waals surface area contributed by atoms with Crippen LogP contribution in [0.5, 0.6) is 5.75 Å². The molecule has 0 aliphatic rings. The summed E-state index contributed by atoms with van der Waals surface area (Å²) < 4.78 is 95.9. The molecule has 0 unspecified atom stereocenters. The van der Waals surface area contributed by atoms with Crippen molar-refractivity contribution in [3.05, 3.63) is 29.1 Å². The molecule has 11 heteroatoms. The first-order valence-corrected chi connectivity index (χ1v) is 9.76. The van der Waals surface area contributed by atoms with Crippen molar-refractivity contribution < 1.29 is 38.4 Å². The van der Waals surface area contributed by atoms with Gasteiger partial charge in [0.15, 0.2) is 0 Å². The van der Waals surface area contributed by atoms with Gasteiger partial charge < -0.3 is 4.18 Å². The van der Waals surface area contributed by atoms with E-state index in [9.17, 15) is 30.4 Å². The summed E-state index contributed by atoms with van der Waals surface area (Å²) in [6.45, 7) is 4.23. The topological polar surface area (TPSA) is 52.6 Å². The second kappa shape index (κ2) is 5.29. The van der Waals surface area contributed by atoms with E-state index >= 15 is 0 Å². The largest absolute Gasteiger partial charge is 0.439 e. The quantitative estimate of drug-likeness (QED) is 0.367. The minimum absolute atomic E-state index is 1.41. The van der Waals surface area contributed by atoms with Crippen LogP contribution in [0.2, 0.25) is 19.6 Å². The maximum Gasteiger partial charge on any atom is 0.439 e. The molecule has 0 saturated carbocycles. The van der Waals surface area contributed by atoms with E-state index in [0.717, 1.165) is 0 Å². The summed E-state index contributed by atoms with van der Waals surface area (Å²) in [6, 6.07) is 0. The Hall–Kier alpha value is -1.20. The summed E-state index contributed by atoms with van der Waals surface area (Å²) in [5.41, 5.74) is 0. The Morgan fingerprint density at radius 2 is 1.15 bits per heavy atom. The van der Waals surface area contributed by atoms with Crippen LogP contribution in [0.25, 0.3) is 0 Å². The summed E-state index contributed by atoms with van der Waals surface area (Å²) in [7, 11) is -7.70. The minimum Gasteiger partial charge on any atom is -0.356 e. The molecule has 114 valence electrons. The Morgan fingerprint density at radius 3 is 1.50 bits per heavy atom. The number of benzene rings is 1. The van der Waals surface area contributed by atoms with E-state index in [1.165, 1.54) is 19.6 Å². The van der Waals surface area contributed by atoms with Crippen LogP contribution in [-0.2, 0) is 14.3 Å². The molecule has 1 aromatic rings. The van der Waals surface area contributed by atoms with E-state index in [1.807, 2.05) is 0 Å². The summed E-state index contributed by atoms with van der Waals surface area (Å²) in [5.74, 6) is -13.8. The van der Waals surface area contributed by atoms with Gasteiger partial charge in [0.05, 0.1) is 0 Å². The second-order valence-corrected chi connectivity index (χ2v) is 10.5. The lowest BCUT2D eigenvalue weighted by Crippen LogP contribution is -2.32. The highest BCUT2D eigenvalue weighted by molar-refractivity contribution is 7.83. The molecule has 0 aliphatic heterocycles. The van der Waals surface area contributed by atoms with Gasteiger partial charge in [-0.15, -0.1) is 0 Å². The average molecular weight is 336 g/mol. The van der Waals surface area contributed by atoms with Crippen LogP contribution in [-0.4, -0.2) is 16.7 Å². The van der Waals surface area contributed by atoms with Crippen molar-refractivity contribution in [3.8, 4) is 5.75 Å². The van der Waals surface area contributed by atoms with Crippen LogP contribution >= 0.6 is 0 Å². The van der Waals surface area contributed by atoms with Crippen LogP contribution in [0.1, 0.15) is 0 Å². The number of halogens is 5. The molecule has 0 bridgehead atoms. The third-order valence-corrected chi connectivity index (χ3v) is 4.89. The Morgan fingerprint density at radius 1 is 0.800 bits per heavy atom. The third-order valence-electron chi connectivity index (χ3n) is 1.71. The molecule has 0 saturated heterocycles. The smallest absolute Gasteiger partial charge is 0.356 e. The normalized spacial score (nSPS) is 12.6. The SMILES string of the molecule is C[Si](C)(C)OS(=O)(=O)Oc1c(F)c(F)c(F)c(F)c1F. The zero-order valence-corrected chi connectivity index (χ0v) is 12.2. The molecule has 4 nitrogen and oxygen atoms in total. The van der Waals surface area contributed by atoms with Crippen molar-refractivity contribution in [3.63, 3.8) is 0 Å². The summed E-state index contributed by atoms with van der Waals surface area (Å²) in [6.07, 6.45) is 0. The van der Waals surface area contributed by atoms with E-state index in [2.05, 4.69) is 8.06 Å². The Kier molecular flexibility index (Phi) is 4.46. The highest BCUT2D eigenvalue weighted by Gasteiger charge is 2.33. The van der Waals surface area contributed by atoms with Gasteiger partial charge in [0.1, 0.15) is 0 Å². The lowest BCUT2D eigenvalue weighted by Gasteiger charge is -2.17. The molecule has 20 heavy (non-hydrogen) atoms. The van der Waals surface area contributed by atoms with Crippen molar-refractivity contribution in [2.24, 2.45) is 0 Å². The van der Waals surface area contributed by atoms with E-state index in [-0.39, 0.29) is 0 Å². The van der Waals surface area contributed by atoms with Crippen molar-refractivity contribution in [2.45, 2.75) is 19.6 Å². The van der Waals surface area contributed by atoms with Gasteiger partial charge in [-0.1, -0.05) is 0 Å². The van der Waals surface area contributed by atoms with Gasteiger partial charge in [-0.3, -0.25) is 3.87 Å². The van der Waals surface area contributed by atoms with Crippen LogP contribution < -0.4 is 4.18 Å². The predicted molar refractivity (Wildman–Crippen MR) is 60.2 cm³/mol. The zero-order valence-electron chi connectivity index (χ0n) is 10.4. The standard InChI is InChI=1S/C9H9F5O4SSi/c1-20(2,3)18-19(15,16)17-9-7(13)5(11)4(10)6(12)8(9)14/h1-3H3. The minimum atomic E-state index is -4.96. The first-order valence-electron chi connectivity index (χ1n) is 5.02. The molecule has 0 N–H and O–H groups in total. The van der Waals surface area contributed by atoms with E-state index in [1.54, 1.807) is 0 Å². The van der Waals surface area contributed by atoms with Gasteiger partial charge in [0, 0.05) is 0 Å².